The summed E-state index contributed by atoms with van der Waals surface area (Å²) in [4.78, 5) is 81.6. The number of likely N-dealkylation sites (tertiary alicyclic amines) is 3. The molecule has 0 bridgehead atoms. The van der Waals surface area contributed by atoms with Crippen molar-refractivity contribution in [3.05, 3.63) is 111 Å². The summed E-state index contributed by atoms with van der Waals surface area (Å²) in [6.45, 7) is 24.6. The molecule has 24 heteroatoms. The Morgan fingerprint density at radius 3 is 1.27 bits per heavy atom. The van der Waals surface area contributed by atoms with Gasteiger partial charge in [0.2, 0.25) is 0 Å². The first-order valence-electron chi connectivity index (χ1n) is 29.7. The second-order valence-electron chi connectivity index (χ2n) is 25.3. The minimum Gasteiger partial charge on any atom is -0.870 e. The number of nitrogens with one attached hydrogen (secondary N) is 2. The molecule has 0 aromatic heterocycles. The molecule has 22 nitrogen and oxygen atoms in total. The maximum atomic E-state index is 12.8. The SMILES string of the molecule is CC(C)(C)OC(=O)N1CCCC12CCN(c1ccccc1/C=C/C(=O)NO)C2.CC(C)(C)OC(=O)N1CCCC12CCNC2.COC(=O)/C=C/c1ccccc1I.COC(=O)/C=C/c1ccccc1N1CCC2(CCCN2C(=O)OC(C)(C)C)C1.NO.[Na+].[OH-]. The topological polar surface area (TPSA) is 285 Å². The second-order valence-corrected chi connectivity index (χ2v) is 26.5. The van der Waals surface area contributed by atoms with Gasteiger partial charge in [0.1, 0.15) is 16.8 Å². The largest absolute Gasteiger partial charge is 1.00 e. The van der Waals surface area contributed by atoms with Gasteiger partial charge in [0.25, 0.3) is 5.91 Å². The third-order valence-electron chi connectivity index (χ3n) is 15.7. The number of ether oxygens (including phenoxy) is 5. The van der Waals surface area contributed by atoms with Crippen molar-refractivity contribution < 1.29 is 97.9 Å². The Kier molecular flexibility index (Phi) is 30.6. The molecule has 6 saturated heterocycles. The first-order valence-corrected chi connectivity index (χ1v) is 30.8. The van der Waals surface area contributed by atoms with Crippen molar-refractivity contribution in [3.63, 3.8) is 0 Å². The van der Waals surface area contributed by atoms with Gasteiger partial charge in [-0.25, -0.2) is 35.3 Å². The van der Waals surface area contributed by atoms with Crippen LogP contribution >= 0.6 is 22.6 Å². The fourth-order valence-corrected chi connectivity index (χ4v) is 12.4. The van der Waals surface area contributed by atoms with Crippen molar-refractivity contribution in [2.24, 2.45) is 5.90 Å². The summed E-state index contributed by atoms with van der Waals surface area (Å²) >= 11 is 2.22. The van der Waals surface area contributed by atoms with E-state index < -0.39 is 22.7 Å². The molecule has 3 aromatic carbocycles. The molecule has 3 spiro atoms. The van der Waals surface area contributed by atoms with E-state index in [9.17, 15) is 28.8 Å². The number of anilines is 2. The molecule has 0 saturated carbocycles. The number of hydrogen-bond donors (Lipinski definition) is 5. The van der Waals surface area contributed by atoms with Gasteiger partial charge in [0.05, 0.1) is 30.8 Å². The number of rotatable bonds is 8. The predicted molar refractivity (Wildman–Crippen MR) is 347 cm³/mol. The number of nitrogens with two attached hydrogens (primary N) is 1. The molecule has 6 aliphatic rings. The van der Waals surface area contributed by atoms with Crippen LogP contribution in [0.15, 0.2) is 91.0 Å². The van der Waals surface area contributed by atoms with Crippen LogP contribution in [-0.4, -0.2) is 173 Å². The van der Waals surface area contributed by atoms with E-state index in [4.69, 9.17) is 29.4 Å². The summed E-state index contributed by atoms with van der Waals surface area (Å²) in [5.74, 6) is 2.22. The average Bonchev–Trinajstić information content (AvgIpc) is 2.59. The monoisotopic (exact) mass is 1360 g/mol. The van der Waals surface area contributed by atoms with Gasteiger partial charge >= 0.3 is 59.8 Å². The zero-order chi connectivity index (χ0) is 64.2. The Hall–Kier alpha value is -5.77. The van der Waals surface area contributed by atoms with Crippen molar-refractivity contribution in [2.75, 3.05) is 82.9 Å². The number of benzene rings is 3. The molecule has 6 aliphatic heterocycles. The van der Waals surface area contributed by atoms with Crippen molar-refractivity contribution >= 4 is 88.3 Å². The normalized spacial score (nSPS) is 21.0. The van der Waals surface area contributed by atoms with Gasteiger partial charge in [-0.15, -0.1) is 0 Å². The van der Waals surface area contributed by atoms with Crippen molar-refractivity contribution in [1.29, 1.82) is 0 Å². The second kappa shape index (κ2) is 35.2. The fraction of sp³-hybridized carbons (Fsp3) is 0.538. The van der Waals surface area contributed by atoms with Gasteiger partial charge in [-0.3, -0.25) is 10.0 Å². The molecular weight excluding hydrogens is 1270 g/mol. The molecule has 0 radical (unpaired) electrons. The van der Waals surface area contributed by atoms with Crippen LogP contribution in [0.25, 0.3) is 18.2 Å². The molecule has 3 atom stereocenters. The van der Waals surface area contributed by atoms with Crippen LogP contribution in [0.2, 0.25) is 0 Å². The number of esters is 2. The molecule has 3 unspecified atom stereocenters. The van der Waals surface area contributed by atoms with E-state index in [-0.39, 0.29) is 81.9 Å². The van der Waals surface area contributed by atoms with E-state index in [0.717, 1.165) is 148 Å². The van der Waals surface area contributed by atoms with Gasteiger partial charge in [0.15, 0.2) is 0 Å². The van der Waals surface area contributed by atoms with Gasteiger partial charge in [0, 0.05) is 85.5 Å². The molecule has 3 aromatic rings. The van der Waals surface area contributed by atoms with Gasteiger partial charge in [-0.05, 0) is 202 Å². The summed E-state index contributed by atoms with van der Waals surface area (Å²) in [7, 11) is 2.73. The number of nitrogens with zero attached hydrogens (tertiary/aromatic N) is 5. The molecule has 0 aliphatic carbocycles. The Morgan fingerprint density at radius 2 is 0.899 bits per heavy atom. The molecule has 9 rings (SSSR count). The third-order valence-corrected chi connectivity index (χ3v) is 16.7. The third kappa shape index (κ3) is 22.5. The summed E-state index contributed by atoms with van der Waals surface area (Å²) in [5, 5.41) is 18.5. The number of carbonyl (C=O) groups excluding carboxylic acids is 6. The molecule has 7 N–H and O–H groups in total. The number of amides is 4. The zero-order valence-electron chi connectivity index (χ0n) is 54.1. The van der Waals surface area contributed by atoms with Crippen molar-refractivity contribution in [3.8, 4) is 0 Å². The van der Waals surface area contributed by atoms with Crippen LogP contribution in [-0.2, 0) is 38.1 Å². The molecule has 6 fully saturated rings. The maximum Gasteiger partial charge on any atom is 1.00 e. The minimum atomic E-state index is -0.570. The first-order chi connectivity index (χ1) is 41.1. The van der Waals surface area contributed by atoms with Crippen LogP contribution in [0, 0.1) is 3.57 Å². The van der Waals surface area contributed by atoms with Gasteiger partial charge in [-0.1, -0.05) is 54.6 Å². The molecule has 486 valence electrons. The quantitative estimate of drug-likeness (QED) is 0.0279. The zero-order valence-corrected chi connectivity index (χ0v) is 58.3. The van der Waals surface area contributed by atoms with E-state index >= 15 is 0 Å². The average molecular weight is 1360 g/mol. The number of para-hydroxylation sites is 2. The van der Waals surface area contributed by atoms with Crippen LogP contribution in [0.5, 0.6) is 0 Å². The summed E-state index contributed by atoms with van der Waals surface area (Å²) in [6, 6.07) is 23.6. The van der Waals surface area contributed by atoms with E-state index in [1.54, 1.807) is 23.7 Å². The van der Waals surface area contributed by atoms with Crippen LogP contribution in [0.4, 0.5) is 25.8 Å². The number of hydroxylamine groups is 1. The van der Waals surface area contributed by atoms with Crippen LogP contribution in [0.3, 0.4) is 0 Å². The van der Waals surface area contributed by atoms with Gasteiger partial charge in [-0.2, -0.15) is 0 Å². The summed E-state index contributed by atoms with van der Waals surface area (Å²) in [6.07, 6.45) is 17.8. The Labute approximate surface area is 561 Å². The van der Waals surface area contributed by atoms with Gasteiger partial charge < -0.3 is 64.2 Å². The van der Waals surface area contributed by atoms with E-state index in [1.807, 2.05) is 144 Å². The van der Waals surface area contributed by atoms with Crippen molar-refractivity contribution in [1.82, 2.24) is 25.5 Å². The predicted octanol–water partition coefficient (Wildman–Crippen LogP) is 7.43. The maximum absolute atomic E-state index is 12.8. The first kappa shape index (κ1) is 77.5. The van der Waals surface area contributed by atoms with E-state index in [0.29, 0.717) is 0 Å². The Balaban J connectivity index is 0.000000318. The number of carbonyl (C=O) groups is 6. The summed E-state index contributed by atoms with van der Waals surface area (Å²) < 4.78 is 27.1. The molecule has 4 amide bonds. The molecule has 89 heavy (non-hydrogen) atoms. The van der Waals surface area contributed by atoms with E-state index in [1.165, 1.54) is 32.4 Å². The van der Waals surface area contributed by atoms with E-state index in [2.05, 4.69) is 54.4 Å². The number of hydrogen-bond acceptors (Lipinski definition) is 18. The van der Waals surface area contributed by atoms with Crippen molar-refractivity contribution in [2.45, 2.75) is 154 Å². The van der Waals surface area contributed by atoms with Crippen LogP contribution in [0.1, 0.15) is 137 Å². The number of methoxy groups -OCH3 is 2. The molecular formula is C65H94IN8NaO14. The number of halogens is 1. The summed E-state index contributed by atoms with van der Waals surface area (Å²) in [5.41, 5.74) is 4.82. The van der Waals surface area contributed by atoms with Crippen LogP contribution < -0.4 is 56.1 Å². The smallest absolute Gasteiger partial charge is 0.870 e. The fourth-order valence-electron chi connectivity index (χ4n) is 11.9. The minimum absolute atomic E-state index is 0. The molecule has 6 heterocycles. The standard InChI is InChI=1S/C22H30N2O4.C21H29N3O4.C12H22N2O2.C10H9IO2.H3NO.Na.H2O/c1-21(2,3)28-20(26)24-14-7-12-22(24)13-15-23(16-22)18-9-6-5-8-17(18)10-11-19(25)27-4;1-20(2,3)28-19(26)24-13-6-11-21(24)12-14-23(15-21)17-8-5-4-7-16(17)9-10-18(25)22-27;1-11(2,3)16-10(15)14-8-4-5-12(14)6-7-13-9-12;1-13-10(12)7-6-8-4-2-3-5-9(8)11;1-2;;/h5-6,8-11H,7,12-16H2,1-4H3;4-5,7-10,27H,6,11-15H2,1-3H3,(H,22,25);13H,4-9H2,1-3H3;2-7H,1H3;2H,1H2;;1H2/q;;;;;+1;/p-1/b11-10+;10-9+;;7-6+;;;. The Bertz CT molecular complexity index is 2770. The Morgan fingerprint density at radius 1 is 0.539 bits per heavy atom.